The van der Waals surface area contributed by atoms with E-state index in [2.05, 4.69) is 62.5 Å². The lowest BCUT2D eigenvalue weighted by atomic mass is 9.87. The molecule has 8 nitrogen and oxygen atoms in total. The Hall–Kier alpha value is -4.24. The average molecular weight is 653 g/mol. The van der Waals surface area contributed by atoms with Crippen molar-refractivity contribution in [2.75, 3.05) is 12.4 Å². The lowest BCUT2D eigenvalue weighted by molar-refractivity contribution is -0.146. The van der Waals surface area contributed by atoms with Crippen LogP contribution >= 0.6 is 11.8 Å². The van der Waals surface area contributed by atoms with Gasteiger partial charge in [0.15, 0.2) is 11.5 Å². The van der Waals surface area contributed by atoms with Crippen molar-refractivity contribution in [1.82, 2.24) is 14.8 Å². The topological polar surface area (TPSA) is 87.5 Å². The van der Waals surface area contributed by atoms with E-state index in [-0.39, 0.29) is 17.5 Å². The number of benzene rings is 3. The molecule has 6 rings (SSSR count). The fourth-order valence-corrected chi connectivity index (χ4v) is 6.91. The van der Waals surface area contributed by atoms with Gasteiger partial charge in [-0.2, -0.15) is 4.98 Å². The number of esters is 1. The van der Waals surface area contributed by atoms with Crippen LogP contribution in [0.15, 0.2) is 89.2 Å². The zero-order valence-electron chi connectivity index (χ0n) is 27.9. The van der Waals surface area contributed by atoms with Gasteiger partial charge >= 0.3 is 5.97 Å². The minimum Gasteiger partial charge on any atom is -0.493 e. The Morgan fingerprint density at radius 2 is 1.70 bits per heavy atom. The first-order valence-electron chi connectivity index (χ1n) is 16.4. The molecule has 1 unspecified atom stereocenters. The molecule has 1 saturated carbocycles. The van der Waals surface area contributed by atoms with Crippen LogP contribution in [0.25, 0.3) is 0 Å². The number of nitrogens with one attached hydrogen (secondary N) is 1. The van der Waals surface area contributed by atoms with Crippen LogP contribution in [0, 0.1) is 0 Å². The number of methoxy groups -OCH3 is 1. The van der Waals surface area contributed by atoms with Crippen LogP contribution < -0.4 is 14.8 Å². The number of anilines is 1. The highest BCUT2D eigenvalue weighted by Crippen LogP contribution is 2.41. The van der Waals surface area contributed by atoms with Gasteiger partial charge in [0.05, 0.1) is 12.7 Å². The second-order valence-corrected chi connectivity index (χ2v) is 14.3. The molecule has 0 spiro atoms. The summed E-state index contributed by atoms with van der Waals surface area (Å²) in [4.78, 5) is 18.7. The summed E-state index contributed by atoms with van der Waals surface area (Å²) in [5, 5.41) is 8.87. The normalized spacial score (nSPS) is 16.7. The smallest absolute Gasteiger partial charge is 0.338 e. The van der Waals surface area contributed by atoms with Gasteiger partial charge in [0.1, 0.15) is 18.8 Å². The molecule has 1 aromatic heterocycles. The molecule has 0 amide bonds. The van der Waals surface area contributed by atoms with E-state index in [1.165, 1.54) is 17.5 Å². The van der Waals surface area contributed by atoms with Crippen molar-refractivity contribution < 1.29 is 19.0 Å². The zero-order valence-corrected chi connectivity index (χ0v) is 28.7. The first-order chi connectivity index (χ1) is 22.7. The molecule has 0 radical (unpaired) electrons. The Bertz CT molecular complexity index is 1720. The van der Waals surface area contributed by atoms with Gasteiger partial charge in [0.25, 0.3) is 0 Å². The molecule has 1 aliphatic heterocycles. The van der Waals surface area contributed by atoms with Gasteiger partial charge < -0.3 is 19.5 Å². The molecule has 0 bridgehead atoms. The van der Waals surface area contributed by atoms with Gasteiger partial charge in [-0.15, -0.1) is 5.10 Å². The Morgan fingerprint density at radius 1 is 0.957 bits per heavy atom. The number of ether oxygens (including phenoxy) is 3. The van der Waals surface area contributed by atoms with Crippen LogP contribution in [-0.2, 0) is 27.3 Å². The van der Waals surface area contributed by atoms with Crippen molar-refractivity contribution in [1.29, 1.82) is 0 Å². The Morgan fingerprint density at radius 3 is 2.40 bits per heavy atom. The molecule has 2 heterocycles. The minimum absolute atomic E-state index is 0.0749. The maximum atomic E-state index is 13.9. The molecule has 1 atom stereocenters. The fourth-order valence-electron chi connectivity index (χ4n) is 6.12. The summed E-state index contributed by atoms with van der Waals surface area (Å²) < 4.78 is 20.0. The van der Waals surface area contributed by atoms with Gasteiger partial charge in [-0.05, 0) is 72.4 Å². The van der Waals surface area contributed by atoms with Gasteiger partial charge in [-0.1, -0.05) is 99.6 Å². The van der Waals surface area contributed by atoms with Crippen LogP contribution in [-0.4, -0.2) is 33.9 Å². The minimum atomic E-state index is -0.561. The lowest BCUT2D eigenvalue weighted by Gasteiger charge is -2.30. The van der Waals surface area contributed by atoms with Crippen molar-refractivity contribution in [3.05, 3.63) is 106 Å². The maximum Gasteiger partial charge on any atom is 0.338 e. The number of fused-ring (bicyclic) bond motifs is 1. The summed E-state index contributed by atoms with van der Waals surface area (Å²) in [6, 6.07) is 24.0. The van der Waals surface area contributed by atoms with E-state index >= 15 is 0 Å². The molecule has 2 aliphatic rings. The van der Waals surface area contributed by atoms with Crippen molar-refractivity contribution in [3.8, 4) is 11.5 Å². The quantitative estimate of drug-likeness (QED) is 0.135. The Labute approximate surface area is 281 Å². The third kappa shape index (κ3) is 7.67. The molecule has 47 heavy (non-hydrogen) atoms. The zero-order chi connectivity index (χ0) is 33.0. The second kappa shape index (κ2) is 14.3. The molecule has 3 aromatic carbocycles. The highest BCUT2D eigenvalue weighted by atomic mass is 32.2. The third-order valence-electron chi connectivity index (χ3n) is 8.81. The number of allylic oxidation sites excluding steroid dienone is 1. The maximum absolute atomic E-state index is 13.9. The van der Waals surface area contributed by atoms with Crippen molar-refractivity contribution >= 4 is 23.7 Å². The molecular formula is C38H44N4O4S. The number of carbonyl (C=O) groups is 1. The molecule has 9 heteroatoms. The molecule has 4 aromatic rings. The molecule has 1 fully saturated rings. The molecule has 1 N–H and O–H groups in total. The first kappa shape index (κ1) is 32.7. The van der Waals surface area contributed by atoms with Crippen LogP contribution in [0.3, 0.4) is 0 Å². The van der Waals surface area contributed by atoms with E-state index in [9.17, 15) is 4.79 Å². The van der Waals surface area contributed by atoms with E-state index in [4.69, 9.17) is 24.3 Å². The van der Waals surface area contributed by atoms with E-state index in [0.29, 0.717) is 40.5 Å². The first-order valence-corrected chi connectivity index (χ1v) is 17.4. The van der Waals surface area contributed by atoms with Gasteiger partial charge in [-0.25, -0.2) is 9.48 Å². The highest BCUT2D eigenvalue weighted by molar-refractivity contribution is 7.98. The predicted octanol–water partition coefficient (Wildman–Crippen LogP) is 8.62. The molecule has 0 saturated heterocycles. The standard InChI is InChI=1S/C38H44N4O4S/c1-25-33(35(43)46-30-14-10-7-11-15-30)34(42-36(39-25)40-37(41-42)47-24-27-12-8-6-9-13-27)28-18-21-31(32(22-28)44-5)45-23-26-16-19-29(20-17-26)38(2,3)4/h6,8-9,12-13,16-22,30,34H,7,10-11,14-15,23-24H2,1-5H3,(H,39,40,41). The SMILES string of the molecule is COc1cc(C2C(C(=O)OC3CCCCC3)=C(C)Nc3nc(SCc4ccccc4)nn32)ccc1OCc1ccc(C(C)(C)C)cc1. The largest absolute Gasteiger partial charge is 0.493 e. The average Bonchev–Trinajstić information content (AvgIpc) is 3.48. The molecule has 1 aliphatic carbocycles. The fraction of sp³-hybridized carbons (Fsp3) is 0.395. The number of rotatable bonds is 10. The van der Waals surface area contributed by atoms with Crippen LogP contribution in [0.5, 0.6) is 11.5 Å². The summed E-state index contributed by atoms with van der Waals surface area (Å²) in [7, 11) is 1.63. The van der Waals surface area contributed by atoms with Crippen molar-refractivity contribution in [2.45, 2.75) is 94.9 Å². The number of carbonyl (C=O) groups excluding carboxylic acids is 1. The summed E-state index contributed by atoms with van der Waals surface area (Å²) in [6.07, 6.45) is 5.04. The number of aromatic nitrogens is 3. The number of hydrogen-bond acceptors (Lipinski definition) is 8. The van der Waals surface area contributed by atoms with E-state index in [1.807, 2.05) is 43.3 Å². The van der Waals surface area contributed by atoms with E-state index in [0.717, 1.165) is 42.6 Å². The number of nitrogens with zero attached hydrogens (tertiary/aromatic N) is 3. The van der Waals surface area contributed by atoms with Gasteiger partial charge in [0, 0.05) is 11.4 Å². The molecular weight excluding hydrogens is 609 g/mol. The summed E-state index contributed by atoms with van der Waals surface area (Å²) in [5.74, 6) is 2.18. The molecule has 246 valence electrons. The van der Waals surface area contributed by atoms with Crippen LogP contribution in [0.1, 0.15) is 88.1 Å². The van der Waals surface area contributed by atoms with Gasteiger partial charge in [-0.3, -0.25) is 0 Å². The van der Waals surface area contributed by atoms with Crippen LogP contribution in [0.2, 0.25) is 0 Å². The van der Waals surface area contributed by atoms with E-state index in [1.54, 1.807) is 23.6 Å². The number of hydrogen-bond donors (Lipinski definition) is 1. The third-order valence-corrected chi connectivity index (χ3v) is 9.72. The second-order valence-electron chi connectivity index (χ2n) is 13.3. The van der Waals surface area contributed by atoms with Crippen molar-refractivity contribution in [2.24, 2.45) is 0 Å². The summed E-state index contributed by atoms with van der Waals surface area (Å²) >= 11 is 1.56. The highest BCUT2D eigenvalue weighted by Gasteiger charge is 2.37. The van der Waals surface area contributed by atoms with Crippen LogP contribution in [0.4, 0.5) is 5.95 Å². The van der Waals surface area contributed by atoms with Gasteiger partial charge in [0.2, 0.25) is 11.1 Å². The van der Waals surface area contributed by atoms with Crippen molar-refractivity contribution in [3.63, 3.8) is 0 Å². The summed E-state index contributed by atoms with van der Waals surface area (Å²) in [5.41, 5.74) is 5.67. The lowest BCUT2D eigenvalue weighted by Crippen LogP contribution is -2.32. The number of thioether (sulfide) groups is 1. The van der Waals surface area contributed by atoms with E-state index < -0.39 is 6.04 Å². The monoisotopic (exact) mass is 652 g/mol. The summed E-state index contributed by atoms with van der Waals surface area (Å²) in [6.45, 7) is 8.92. The predicted molar refractivity (Wildman–Crippen MR) is 186 cm³/mol. The Kier molecular flexibility index (Phi) is 9.92. The Balaban J connectivity index is 1.29.